The van der Waals surface area contributed by atoms with Crippen LogP contribution in [-0.4, -0.2) is 58.3 Å². The van der Waals surface area contributed by atoms with Crippen LogP contribution >= 0.6 is 15.9 Å². The lowest BCUT2D eigenvalue weighted by atomic mass is 10.1. The molecule has 0 aromatic carbocycles. The lowest BCUT2D eigenvalue weighted by Crippen LogP contribution is -2.40. The van der Waals surface area contributed by atoms with E-state index in [-0.39, 0.29) is 25.2 Å². The smallest absolute Gasteiger partial charge is 0.332 e. The number of aliphatic hydroxyl groups is 2. The Hall–Kier alpha value is -1.75. The molecule has 9 nitrogen and oxygen atoms in total. The third kappa shape index (κ3) is 4.27. The number of halogens is 1. The second-order valence-corrected chi connectivity index (χ2v) is 6.20. The van der Waals surface area contributed by atoms with Crippen molar-refractivity contribution in [2.45, 2.75) is 24.7 Å². The predicted octanol–water partition coefficient (Wildman–Crippen LogP) is -0.625. The van der Waals surface area contributed by atoms with E-state index in [4.69, 9.17) is 9.47 Å². The molecule has 25 heavy (non-hydrogen) atoms. The van der Waals surface area contributed by atoms with Crippen molar-refractivity contribution < 1.29 is 24.5 Å². The topological polar surface area (TPSA) is 131 Å². The van der Waals surface area contributed by atoms with Gasteiger partial charge in [-0.15, -0.1) is 0 Å². The van der Waals surface area contributed by atoms with Crippen LogP contribution in [-0.2, 0) is 14.3 Å². The van der Waals surface area contributed by atoms with E-state index in [0.717, 1.165) is 0 Å². The van der Waals surface area contributed by atoms with Crippen LogP contribution < -0.4 is 11.2 Å². The fraction of sp³-hybridized carbons (Fsp3) is 0.533. The molecule has 4 atom stereocenters. The Morgan fingerprint density at radius 3 is 2.84 bits per heavy atom. The number of carbonyl (C=O) groups excluding carboxylic acids is 1. The summed E-state index contributed by atoms with van der Waals surface area (Å²) in [6, 6.07) is -0.736. The zero-order valence-electron chi connectivity index (χ0n) is 13.4. The van der Waals surface area contributed by atoms with Crippen LogP contribution in [0.25, 0.3) is 6.08 Å². The summed E-state index contributed by atoms with van der Waals surface area (Å²) >= 11 is 3.06. The van der Waals surface area contributed by atoms with Gasteiger partial charge in [-0.25, -0.2) is 9.59 Å². The number of ether oxygens (including phenoxy) is 2. The molecular formula is C15H19BrN2O7. The lowest BCUT2D eigenvalue weighted by molar-refractivity contribution is -0.160. The first-order chi connectivity index (χ1) is 11.9. The first kappa shape index (κ1) is 19.6. The molecule has 10 heteroatoms. The van der Waals surface area contributed by atoms with E-state index >= 15 is 0 Å². The third-order valence-electron chi connectivity index (χ3n) is 4.10. The van der Waals surface area contributed by atoms with Crippen molar-refractivity contribution in [1.82, 2.24) is 9.55 Å². The highest BCUT2D eigenvalue weighted by Crippen LogP contribution is 2.36. The van der Waals surface area contributed by atoms with Crippen LogP contribution in [0.4, 0.5) is 0 Å². The molecule has 1 aromatic heterocycles. The monoisotopic (exact) mass is 418 g/mol. The highest BCUT2D eigenvalue weighted by atomic mass is 79.9. The Kier molecular flexibility index (Phi) is 6.71. The number of nitrogens with zero attached hydrogens (tertiary/aromatic N) is 1. The third-order valence-corrected chi connectivity index (χ3v) is 4.37. The van der Waals surface area contributed by atoms with Crippen molar-refractivity contribution in [3.63, 3.8) is 0 Å². The fourth-order valence-corrected chi connectivity index (χ4v) is 3.20. The van der Waals surface area contributed by atoms with Gasteiger partial charge in [0.05, 0.1) is 17.7 Å². The highest BCUT2D eigenvalue weighted by molar-refractivity contribution is 9.11. The minimum Gasteiger partial charge on any atom is -0.456 e. The summed E-state index contributed by atoms with van der Waals surface area (Å²) in [6.07, 6.45) is 0.781. The van der Waals surface area contributed by atoms with Crippen molar-refractivity contribution in [3.05, 3.63) is 37.6 Å². The Bertz CT molecular complexity index is 757. The molecule has 0 aliphatic heterocycles. The van der Waals surface area contributed by atoms with Crippen LogP contribution in [0.15, 0.2) is 20.8 Å². The molecule has 0 unspecified atom stereocenters. The predicted molar refractivity (Wildman–Crippen MR) is 91.3 cm³/mol. The molecule has 0 bridgehead atoms. The number of methoxy groups -OCH3 is 1. The summed E-state index contributed by atoms with van der Waals surface area (Å²) in [7, 11) is 1.33. The van der Waals surface area contributed by atoms with Gasteiger partial charge in [-0.05, 0) is 17.5 Å². The number of hydrogen-bond donors (Lipinski definition) is 3. The Balaban J connectivity index is 2.43. The van der Waals surface area contributed by atoms with Gasteiger partial charge >= 0.3 is 11.7 Å². The maximum atomic E-state index is 12.2. The van der Waals surface area contributed by atoms with Gasteiger partial charge in [-0.1, -0.05) is 15.9 Å². The summed E-state index contributed by atoms with van der Waals surface area (Å²) in [4.78, 5) is 39.4. The SMILES string of the molecule is COCC(=O)O[C@H]1[C@H](O)[C@@H](CO)C[C@H]1n1cc(/C=C/Br)c(=O)[nH]c1=O. The first-order valence-corrected chi connectivity index (χ1v) is 8.44. The summed E-state index contributed by atoms with van der Waals surface area (Å²) in [5, 5.41) is 19.7. The second kappa shape index (κ2) is 8.56. The Morgan fingerprint density at radius 2 is 2.24 bits per heavy atom. The van der Waals surface area contributed by atoms with Crippen LogP contribution in [0.1, 0.15) is 18.0 Å². The largest absolute Gasteiger partial charge is 0.456 e. The number of aromatic nitrogens is 2. The van der Waals surface area contributed by atoms with Crippen molar-refractivity contribution in [3.8, 4) is 0 Å². The van der Waals surface area contributed by atoms with Crippen molar-refractivity contribution in [1.29, 1.82) is 0 Å². The maximum absolute atomic E-state index is 12.2. The molecule has 1 saturated carbocycles. The zero-order valence-corrected chi connectivity index (χ0v) is 15.0. The average molecular weight is 419 g/mol. The van der Waals surface area contributed by atoms with Gasteiger partial charge in [0.15, 0.2) is 0 Å². The molecule has 0 amide bonds. The first-order valence-electron chi connectivity index (χ1n) is 7.52. The summed E-state index contributed by atoms with van der Waals surface area (Å²) in [6.45, 7) is -0.639. The number of carbonyl (C=O) groups is 1. The maximum Gasteiger partial charge on any atom is 0.332 e. The minimum absolute atomic E-state index is 0.200. The Morgan fingerprint density at radius 1 is 1.52 bits per heavy atom. The van der Waals surface area contributed by atoms with Crippen LogP contribution in [0.5, 0.6) is 0 Å². The second-order valence-electron chi connectivity index (χ2n) is 5.67. The van der Waals surface area contributed by atoms with Gasteiger partial charge in [-0.2, -0.15) is 0 Å². The molecule has 0 spiro atoms. The van der Waals surface area contributed by atoms with Crippen molar-refractivity contribution >= 4 is 28.0 Å². The van der Waals surface area contributed by atoms with Gasteiger partial charge in [0.1, 0.15) is 12.7 Å². The molecular weight excluding hydrogens is 400 g/mol. The standard InChI is InChI=1S/C15H19BrN2O7/c1-24-7-11(20)25-13-10(4-9(6-19)12(13)21)18-5-8(2-3-16)14(22)17-15(18)23/h2-3,5,9-10,12-13,19,21H,4,6-7H2,1H3,(H,17,22,23)/b3-2+/t9-,10-,12-,13-/m1/s1. The highest BCUT2D eigenvalue weighted by Gasteiger charge is 2.46. The molecule has 0 radical (unpaired) electrons. The van der Waals surface area contributed by atoms with Gasteiger partial charge in [0, 0.05) is 25.8 Å². The van der Waals surface area contributed by atoms with Crippen LogP contribution in [0.2, 0.25) is 0 Å². The summed E-state index contributed by atoms with van der Waals surface area (Å²) < 4.78 is 11.1. The molecule has 1 fully saturated rings. The van der Waals surface area contributed by atoms with Crippen molar-refractivity contribution in [2.24, 2.45) is 5.92 Å². The number of aliphatic hydroxyl groups excluding tert-OH is 2. The van der Waals surface area contributed by atoms with Gasteiger partial charge in [-0.3, -0.25) is 14.3 Å². The quantitative estimate of drug-likeness (QED) is 0.524. The number of aromatic amines is 1. The van der Waals surface area contributed by atoms with Crippen molar-refractivity contribution in [2.75, 3.05) is 20.3 Å². The van der Waals surface area contributed by atoms with Crippen LogP contribution in [0.3, 0.4) is 0 Å². The molecule has 0 saturated heterocycles. The van der Waals surface area contributed by atoms with Gasteiger partial charge in [0.25, 0.3) is 5.56 Å². The number of rotatable bonds is 6. The zero-order chi connectivity index (χ0) is 18.6. The molecule has 138 valence electrons. The molecule has 3 N–H and O–H groups in total. The van der Waals surface area contributed by atoms with Gasteiger partial charge < -0.3 is 19.7 Å². The van der Waals surface area contributed by atoms with E-state index in [2.05, 4.69) is 20.9 Å². The number of esters is 1. The van der Waals surface area contributed by atoms with E-state index in [0.29, 0.717) is 0 Å². The molecule has 1 aromatic rings. The number of hydrogen-bond acceptors (Lipinski definition) is 7. The van der Waals surface area contributed by atoms with E-state index in [1.165, 1.54) is 28.9 Å². The number of H-pyrrole nitrogens is 1. The lowest BCUT2D eigenvalue weighted by Gasteiger charge is -2.24. The average Bonchev–Trinajstić information content (AvgIpc) is 2.87. The molecule has 1 heterocycles. The molecule has 2 rings (SSSR count). The molecule has 1 aliphatic rings. The van der Waals surface area contributed by atoms with E-state index in [1.807, 2.05) is 0 Å². The number of nitrogens with one attached hydrogen (secondary N) is 1. The normalized spacial score (nSPS) is 26.2. The fourth-order valence-electron chi connectivity index (χ4n) is 2.92. The van der Waals surface area contributed by atoms with E-state index in [1.54, 1.807) is 0 Å². The minimum atomic E-state index is -1.15. The van der Waals surface area contributed by atoms with Gasteiger partial charge in [0.2, 0.25) is 0 Å². The Labute approximate surface area is 151 Å². The molecule has 1 aliphatic carbocycles. The van der Waals surface area contributed by atoms with E-state index in [9.17, 15) is 24.6 Å². The summed E-state index contributed by atoms with van der Waals surface area (Å²) in [5.74, 6) is -1.27. The summed E-state index contributed by atoms with van der Waals surface area (Å²) in [5.41, 5.74) is -1.05. The van der Waals surface area contributed by atoms with E-state index < -0.39 is 41.4 Å². The van der Waals surface area contributed by atoms with Crippen LogP contribution in [0, 0.1) is 5.92 Å².